The number of rotatable bonds is 3. The molecule has 1 aliphatic rings. The van der Waals surface area contributed by atoms with Gasteiger partial charge in [-0.3, -0.25) is 0 Å². The molecule has 3 rings (SSSR count). The average molecular weight is 296 g/mol. The maximum atomic E-state index is 4.74. The second kappa shape index (κ2) is 6.34. The number of hydrogen-bond donors (Lipinski definition) is 1. The zero-order valence-electron chi connectivity index (χ0n) is 13.7. The quantitative estimate of drug-likeness (QED) is 0.924. The fraction of sp³-hybridized carbons (Fsp3) is 0.444. The molecule has 2 heterocycles. The highest BCUT2D eigenvalue weighted by Crippen LogP contribution is 2.25. The molecule has 4 heteroatoms. The fourth-order valence-electron chi connectivity index (χ4n) is 2.99. The molecule has 0 spiro atoms. The van der Waals surface area contributed by atoms with Gasteiger partial charge in [0.05, 0.1) is 0 Å². The molecule has 0 unspecified atom stereocenters. The summed E-state index contributed by atoms with van der Waals surface area (Å²) in [7, 11) is 0. The molecule has 2 aromatic rings. The Hall–Kier alpha value is -2.10. The van der Waals surface area contributed by atoms with E-state index in [1.54, 1.807) is 0 Å². The number of aryl methyl sites for hydroxylation is 3. The van der Waals surface area contributed by atoms with Crippen molar-refractivity contribution in [3.8, 4) is 0 Å². The van der Waals surface area contributed by atoms with Crippen molar-refractivity contribution < 1.29 is 0 Å². The average Bonchev–Trinajstić information content (AvgIpc) is 2.51. The summed E-state index contributed by atoms with van der Waals surface area (Å²) >= 11 is 0. The molecule has 1 aliphatic heterocycles. The van der Waals surface area contributed by atoms with E-state index < -0.39 is 0 Å². The smallest absolute Gasteiger partial charge is 0.227 e. The molecule has 4 nitrogen and oxygen atoms in total. The number of hydrogen-bond acceptors (Lipinski definition) is 4. The number of piperidine rings is 1. The molecule has 116 valence electrons. The van der Waals surface area contributed by atoms with Crippen LogP contribution in [0.25, 0.3) is 0 Å². The van der Waals surface area contributed by atoms with Gasteiger partial charge in [-0.1, -0.05) is 18.2 Å². The van der Waals surface area contributed by atoms with Gasteiger partial charge in [-0.05, 0) is 51.2 Å². The Morgan fingerprint density at radius 1 is 0.955 bits per heavy atom. The van der Waals surface area contributed by atoms with E-state index in [0.717, 1.165) is 36.2 Å². The van der Waals surface area contributed by atoms with Crippen LogP contribution >= 0.6 is 0 Å². The van der Waals surface area contributed by atoms with Crippen molar-refractivity contribution in [1.82, 2.24) is 9.97 Å². The molecule has 1 aromatic heterocycles. The highest BCUT2D eigenvalue weighted by molar-refractivity contribution is 5.65. The first-order valence-electron chi connectivity index (χ1n) is 8.07. The lowest BCUT2D eigenvalue weighted by Crippen LogP contribution is -2.31. The Bertz CT molecular complexity index is 640. The molecule has 0 amide bonds. The van der Waals surface area contributed by atoms with Crippen LogP contribution in [-0.2, 0) is 0 Å². The van der Waals surface area contributed by atoms with E-state index in [2.05, 4.69) is 47.2 Å². The Kier molecular flexibility index (Phi) is 4.27. The predicted molar refractivity (Wildman–Crippen MR) is 92.0 cm³/mol. The first-order chi connectivity index (χ1) is 10.6. The summed E-state index contributed by atoms with van der Waals surface area (Å²) in [6, 6.07) is 8.34. The van der Waals surface area contributed by atoms with Crippen LogP contribution < -0.4 is 10.2 Å². The van der Waals surface area contributed by atoms with Gasteiger partial charge in [0, 0.05) is 30.5 Å². The minimum atomic E-state index is 0.855. The number of para-hydroxylation sites is 1. The van der Waals surface area contributed by atoms with Gasteiger partial charge in [-0.25, -0.2) is 4.98 Å². The molecule has 1 N–H and O–H groups in total. The number of nitrogens with one attached hydrogen (secondary N) is 1. The van der Waals surface area contributed by atoms with Crippen molar-refractivity contribution in [3.63, 3.8) is 0 Å². The summed E-state index contributed by atoms with van der Waals surface area (Å²) in [5.41, 5.74) is 4.61. The molecule has 0 atom stereocenters. The third-order valence-electron chi connectivity index (χ3n) is 4.22. The predicted octanol–water partition coefficient (Wildman–Crippen LogP) is 4.14. The lowest BCUT2D eigenvalue weighted by atomic mass is 10.1. The minimum Gasteiger partial charge on any atom is -0.341 e. The Morgan fingerprint density at radius 2 is 1.64 bits per heavy atom. The van der Waals surface area contributed by atoms with Crippen molar-refractivity contribution in [2.45, 2.75) is 40.0 Å². The van der Waals surface area contributed by atoms with E-state index in [9.17, 15) is 0 Å². The molecule has 1 fully saturated rings. The zero-order valence-corrected chi connectivity index (χ0v) is 13.7. The van der Waals surface area contributed by atoms with Gasteiger partial charge in [0.1, 0.15) is 5.82 Å². The number of benzene rings is 1. The van der Waals surface area contributed by atoms with Gasteiger partial charge in [0.15, 0.2) is 0 Å². The van der Waals surface area contributed by atoms with Gasteiger partial charge < -0.3 is 10.2 Å². The van der Waals surface area contributed by atoms with E-state index >= 15 is 0 Å². The SMILES string of the molecule is Cc1cc(Nc2c(C)cccc2C)nc(N2CCCCC2)n1. The van der Waals surface area contributed by atoms with Crippen molar-refractivity contribution >= 4 is 17.5 Å². The summed E-state index contributed by atoms with van der Waals surface area (Å²) < 4.78 is 0. The lowest BCUT2D eigenvalue weighted by molar-refractivity contribution is 0.568. The number of nitrogens with zero attached hydrogens (tertiary/aromatic N) is 3. The van der Waals surface area contributed by atoms with Crippen LogP contribution in [0.4, 0.5) is 17.5 Å². The molecule has 1 saturated heterocycles. The second-order valence-corrected chi connectivity index (χ2v) is 6.13. The first-order valence-corrected chi connectivity index (χ1v) is 8.07. The Morgan fingerprint density at radius 3 is 2.32 bits per heavy atom. The standard InChI is InChI=1S/C18H24N4/c1-13-8-7-9-14(2)17(13)20-16-12-15(3)19-18(21-16)22-10-5-4-6-11-22/h7-9,12H,4-6,10-11H2,1-3H3,(H,19,20,21). The molecule has 0 bridgehead atoms. The highest BCUT2D eigenvalue weighted by Gasteiger charge is 2.15. The first kappa shape index (κ1) is 14.8. The van der Waals surface area contributed by atoms with E-state index in [4.69, 9.17) is 4.98 Å². The van der Waals surface area contributed by atoms with Gasteiger partial charge in [0.2, 0.25) is 5.95 Å². The van der Waals surface area contributed by atoms with Gasteiger partial charge >= 0.3 is 0 Å². The fourth-order valence-corrected chi connectivity index (χ4v) is 2.99. The molecule has 0 aliphatic carbocycles. The minimum absolute atomic E-state index is 0.855. The van der Waals surface area contributed by atoms with Crippen molar-refractivity contribution in [2.75, 3.05) is 23.3 Å². The van der Waals surface area contributed by atoms with E-state index in [-0.39, 0.29) is 0 Å². The zero-order chi connectivity index (χ0) is 15.5. The molecule has 1 aromatic carbocycles. The Balaban J connectivity index is 1.89. The summed E-state index contributed by atoms with van der Waals surface area (Å²) in [4.78, 5) is 11.7. The van der Waals surface area contributed by atoms with Crippen LogP contribution in [-0.4, -0.2) is 23.1 Å². The maximum Gasteiger partial charge on any atom is 0.227 e. The molecular weight excluding hydrogens is 272 g/mol. The molecule has 0 radical (unpaired) electrons. The molecule has 22 heavy (non-hydrogen) atoms. The van der Waals surface area contributed by atoms with Crippen LogP contribution in [0.2, 0.25) is 0 Å². The van der Waals surface area contributed by atoms with Crippen LogP contribution in [0.1, 0.15) is 36.1 Å². The van der Waals surface area contributed by atoms with Gasteiger partial charge in [-0.15, -0.1) is 0 Å². The monoisotopic (exact) mass is 296 g/mol. The van der Waals surface area contributed by atoms with Crippen LogP contribution in [0.3, 0.4) is 0 Å². The van der Waals surface area contributed by atoms with Crippen LogP contribution in [0, 0.1) is 20.8 Å². The van der Waals surface area contributed by atoms with E-state index in [1.807, 2.05) is 13.0 Å². The summed E-state index contributed by atoms with van der Waals surface area (Å²) in [6.45, 7) is 8.40. The van der Waals surface area contributed by atoms with Crippen LogP contribution in [0.5, 0.6) is 0 Å². The summed E-state index contributed by atoms with van der Waals surface area (Å²) in [5.74, 6) is 1.74. The van der Waals surface area contributed by atoms with Gasteiger partial charge in [-0.2, -0.15) is 4.98 Å². The molecular formula is C18H24N4. The van der Waals surface area contributed by atoms with Gasteiger partial charge in [0.25, 0.3) is 0 Å². The summed E-state index contributed by atoms with van der Waals surface area (Å²) in [5, 5.41) is 3.48. The number of aromatic nitrogens is 2. The van der Waals surface area contributed by atoms with Crippen molar-refractivity contribution in [3.05, 3.63) is 41.1 Å². The van der Waals surface area contributed by atoms with E-state index in [0.29, 0.717) is 0 Å². The second-order valence-electron chi connectivity index (χ2n) is 6.13. The number of anilines is 3. The molecule has 0 saturated carbocycles. The van der Waals surface area contributed by atoms with Crippen molar-refractivity contribution in [2.24, 2.45) is 0 Å². The lowest BCUT2D eigenvalue weighted by Gasteiger charge is -2.27. The van der Waals surface area contributed by atoms with Crippen LogP contribution in [0.15, 0.2) is 24.3 Å². The largest absolute Gasteiger partial charge is 0.341 e. The Labute approximate surface area is 132 Å². The van der Waals surface area contributed by atoms with Crippen molar-refractivity contribution in [1.29, 1.82) is 0 Å². The summed E-state index contributed by atoms with van der Waals surface area (Å²) in [6.07, 6.45) is 3.78. The highest BCUT2D eigenvalue weighted by atomic mass is 15.3. The third-order valence-corrected chi connectivity index (χ3v) is 4.22. The third kappa shape index (κ3) is 3.21. The normalized spacial score (nSPS) is 15.0. The topological polar surface area (TPSA) is 41.1 Å². The maximum absolute atomic E-state index is 4.74. The van der Waals surface area contributed by atoms with E-state index in [1.165, 1.54) is 30.4 Å².